The molecular weight excluding hydrogens is 591 g/mol. The number of hydrogen-bond acceptors (Lipinski definition) is 4. The summed E-state index contributed by atoms with van der Waals surface area (Å²) in [5.41, 5.74) is 7.58. The van der Waals surface area contributed by atoms with Crippen molar-refractivity contribution in [1.29, 1.82) is 0 Å². The van der Waals surface area contributed by atoms with Crippen molar-refractivity contribution < 1.29 is 0 Å². The van der Waals surface area contributed by atoms with E-state index >= 15 is 0 Å². The minimum absolute atomic E-state index is 0.652. The van der Waals surface area contributed by atoms with Gasteiger partial charge in [0.25, 0.3) is 0 Å². The third-order valence-corrected chi connectivity index (χ3v) is 9.89. The molecule has 0 saturated heterocycles. The van der Waals surface area contributed by atoms with Crippen molar-refractivity contribution in [3.05, 3.63) is 164 Å². The van der Waals surface area contributed by atoms with Crippen LogP contribution >= 0.6 is 11.3 Å². The van der Waals surface area contributed by atoms with Gasteiger partial charge in [0.05, 0.1) is 0 Å². The van der Waals surface area contributed by atoms with Crippen LogP contribution in [0.25, 0.3) is 87.4 Å². The van der Waals surface area contributed by atoms with E-state index < -0.39 is 0 Å². The van der Waals surface area contributed by atoms with Gasteiger partial charge in [-0.3, -0.25) is 0 Å². The number of nitrogens with zero attached hydrogens (tertiary/aromatic N) is 3. The summed E-state index contributed by atoms with van der Waals surface area (Å²) >= 11 is 1.80. The Balaban J connectivity index is 1.18. The zero-order valence-electron chi connectivity index (χ0n) is 25.3. The van der Waals surface area contributed by atoms with Crippen molar-refractivity contribution in [2.24, 2.45) is 0 Å². The Morgan fingerprint density at radius 2 is 0.872 bits per heavy atom. The smallest absolute Gasteiger partial charge is 0.164 e. The Hall–Kier alpha value is -5.97. The first-order valence-electron chi connectivity index (χ1n) is 15.7. The molecule has 0 aliphatic carbocycles. The minimum Gasteiger partial charge on any atom is -0.208 e. The second kappa shape index (κ2) is 11.4. The molecule has 220 valence electrons. The second-order valence-corrected chi connectivity index (χ2v) is 12.7. The summed E-state index contributed by atoms with van der Waals surface area (Å²) in [5, 5.41) is 4.87. The molecule has 0 bridgehead atoms. The van der Waals surface area contributed by atoms with Gasteiger partial charge in [0.15, 0.2) is 17.5 Å². The van der Waals surface area contributed by atoms with Gasteiger partial charge in [0.2, 0.25) is 0 Å². The van der Waals surface area contributed by atoms with Crippen LogP contribution in [0.1, 0.15) is 0 Å². The molecule has 9 aromatic rings. The van der Waals surface area contributed by atoms with Crippen molar-refractivity contribution in [2.75, 3.05) is 0 Å². The zero-order valence-corrected chi connectivity index (χ0v) is 26.2. The first-order chi connectivity index (χ1) is 23.3. The van der Waals surface area contributed by atoms with Crippen molar-refractivity contribution in [3.8, 4) is 56.4 Å². The largest absolute Gasteiger partial charge is 0.208 e. The Morgan fingerprint density at radius 1 is 0.340 bits per heavy atom. The maximum Gasteiger partial charge on any atom is 0.164 e. The van der Waals surface area contributed by atoms with Crippen LogP contribution in [0.15, 0.2) is 164 Å². The van der Waals surface area contributed by atoms with E-state index in [1.54, 1.807) is 11.3 Å². The van der Waals surface area contributed by atoms with Crippen molar-refractivity contribution in [2.45, 2.75) is 0 Å². The second-order valence-electron chi connectivity index (χ2n) is 11.7. The third kappa shape index (κ3) is 5.05. The van der Waals surface area contributed by atoms with Crippen LogP contribution in [0.5, 0.6) is 0 Å². The summed E-state index contributed by atoms with van der Waals surface area (Å²) in [6.45, 7) is 0. The normalized spacial score (nSPS) is 11.4. The molecule has 7 aromatic carbocycles. The average molecular weight is 618 g/mol. The highest BCUT2D eigenvalue weighted by Gasteiger charge is 2.17. The molecule has 0 aliphatic heterocycles. The fourth-order valence-electron chi connectivity index (χ4n) is 6.34. The van der Waals surface area contributed by atoms with Crippen LogP contribution in [-0.4, -0.2) is 15.0 Å². The molecule has 2 aromatic heterocycles. The predicted octanol–water partition coefficient (Wildman–Crippen LogP) is 11.7. The fourth-order valence-corrected chi connectivity index (χ4v) is 7.47. The molecule has 3 nitrogen and oxygen atoms in total. The highest BCUT2D eigenvalue weighted by Crippen LogP contribution is 2.40. The van der Waals surface area contributed by atoms with Crippen LogP contribution in [0.2, 0.25) is 0 Å². The van der Waals surface area contributed by atoms with E-state index in [2.05, 4.69) is 158 Å². The van der Waals surface area contributed by atoms with E-state index in [-0.39, 0.29) is 0 Å². The van der Waals surface area contributed by atoms with Gasteiger partial charge in [-0.05, 0) is 51.2 Å². The highest BCUT2D eigenvalue weighted by atomic mass is 32.1. The lowest BCUT2D eigenvalue weighted by Gasteiger charge is -2.11. The molecule has 0 amide bonds. The molecule has 0 unspecified atom stereocenters. The molecular formula is C43H27N3S. The van der Waals surface area contributed by atoms with E-state index in [4.69, 9.17) is 15.0 Å². The quantitative estimate of drug-likeness (QED) is 0.193. The fraction of sp³-hybridized carbons (Fsp3) is 0. The summed E-state index contributed by atoms with van der Waals surface area (Å²) < 4.78 is 2.48. The van der Waals surface area contributed by atoms with Gasteiger partial charge >= 0.3 is 0 Å². The summed E-state index contributed by atoms with van der Waals surface area (Å²) in [4.78, 5) is 15.3. The standard InChI is InChI=1S/C43H27N3S/c1-2-9-28(10-3-1)30-17-22-32(23-18-30)41-44-42(33-24-19-31(20-25-33)35-26-21-29-11-4-5-12-34(29)27-35)46-43(45-41)37-14-8-16-39-40(37)36-13-6-7-15-38(36)47-39/h1-27H. The van der Waals surface area contributed by atoms with Crippen LogP contribution in [0.3, 0.4) is 0 Å². The average Bonchev–Trinajstić information content (AvgIpc) is 3.54. The lowest BCUT2D eigenvalue weighted by atomic mass is 10.00. The molecule has 0 spiro atoms. The van der Waals surface area contributed by atoms with Gasteiger partial charge in [0, 0.05) is 36.9 Å². The van der Waals surface area contributed by atoms with Crippen molar-refractivity contribution in [3.63, 3.8) is 0 Å². The summed E-state index contributed by atoms with van der Waals surface area (Å²) in [5.74, 6) is 1.98. The molecule has 0 saturated carbocycles. The molecule has 0 fully saturated rings. The van der Waals surface area contributed by atoms with E-state index in [1.165, 1.54) is 42.1 Å². The van der Waals surface area contributed by atoms with Gasteiger partial charge in [-0.15, -0.1) is 11.3 Å². The molecule has 4 heteroatoms. The van der Waals surface area contributed by atoms with Crippen molar-refractivity contribution in [1.82, 2.24) is 15.0 Å². The van der Waals surface area contributed by atoms with Crippen LogP contribution in [0.4, 0.5) is 0 Å². The lowest BCUT2D eigenvalue weighted by molar-refractivity contribution is 1.08. The number of aromatic nitrogens is 3. The highest BCUT2D eigenvalue weighted by molar-refractivity contribution is 7.25. The van der Waals surface area contributed by atoms with Crippen molar-refractivity contribution >= 4 is 42.3 Å². The first kappa shape index (κ1) is 27.3. The van der Waals surface area contributed by atoms with Crippen LogP contribution in [-0.2, 0) is 0 Å². The SMILES string of the molecule is c1ccc(-c2ccc(-c3nc(-c4ccc(-c5ccc6ccccc6c5)cc4)nc(-c4cccc5sc6ccccc6c45)n3)cc2)cc1. The Morgan fingerprint density at radius 3 is 1.62 bits per heavy atom. The van der Waals surface area contributed by atoms with Crippen LogP contribution in [0, 0.1) is 0 Å². The molecule has 9 rings (SSSR count). The maximum absolute atomic E-state index is 5.13. The number of rotatable bonds is 5. The summed E-state index contributed by atoms with van der Waals surface area (Å²) in [6, 6.07) is 57.5. The maximum atomic E-state index is 5.13. The van der Waals surface area contributed by atoms with E-state index in [0.717, 1.165) is 27.8 Å². The Bertz CT molecular complexity index is 2550. The molecule has 0 aliphatic rings. The van der Waals surface area contributed by atoms with E-state index in [9.17, 15) is 0 Å². The summed E-state index contributed by atoms with van der Waals surface area (Å²) in [7, 11) is 0. The summed E-state index contributed by atoms with van der Waals surface area (Å²) in [6.07, 6.45) is 0. The van der Waals surface area contributed by atoms with Gasteiger partial charge < -0.3 is 0 Å². The molecule has 0 atom stereocenters. The lowest BCUT2D eigenvalue weighted by Crippen LogP contribution is -2.00. The number of benzene rings is 7. The third-order valence-electron chi connectivity index (χ3n) is 8.75. The van der Waals surface area contributed by atoms with E-state index in [1.807, 2.05) is 6.07 Å². The molecule has 0 N–H and O–H groups in total. The molecule has 0 radical (unpaired) electrons. The zero-order chi connectivity index (χ0) is 31.2. The monoisotopic (exact) mass is 617 g/mol. The van der Waals surface area contributed by atoms with Gasteiger partial charge in [0.1, 0.15) is 0 Å². The van der Waals surface area contributed by atoms with E-state index in [0.29, 0.717) is 17.5 Å². The first-order valence-corrected chi connectivity index (χ1v) is 16.5. The molecule has 2 heterocycles. The number of thiophene rings is 1. The minimum atomic E-state index is 0.652. The van der Waals surface area contributed by atoms with Gasteiger partial charge in [-0.2, -0.15) is 0 Å². The number of hydrogen-bond donors (Lipinski definition) is 0. The predicted molar refractivity (Wildman–Crippen MR) is 197 cm³/mol. The molecule has 47 heavy (non-hydrogen) atoms. The van der Waals surface area contributed by atoms with Gasteiger partial charge in [-0.25, -0.2) is 15.0 Å². The Kier molecular flexibility index (Phi) is 6.65. The van der Waals surface area contributed by atoms with Gasteiger partial charge in [-0.1, -0.05) is 146 Å². The topological polar surface area (TPSA) is 38.7 Å². The Labute approximate surface area is 276 Å². The van der Waals surface area contributed by atoms with Crippen LogP contribution < -0.4 is 0 Å². The number of fused-ring (bicyclic) bond motifs is 4.